The van der Waals surface area contributed by atoms with Gasteiger partial charge in [0.05, 0.1) is 25.8 Å². The van der Waals surface area contributed by atoms with E-state index < -0.39 is 0 Å². The van der Waals surface area contributed by atoms with Crippen molar-refractivity contribution in [3.63, 3.8) is 0 Å². The van der Waals surface area contributed by atoms with Gasteiger partial charge in [0.1, 0.15) is 17.3 Å². The molecule has 4 rings (SSSR count). The van der Waals surface area contributed by atoms with Gasteiger partial charge >= 0.3 is 0 Å². The first-order valence-corrected chi connectivity index (χ1v) is 11.4. The number of piperidine rings is 1. The predicted octanol–water partition coefficient (Wildman–Crippen LogP) is 4.07. The zero-order valence-corrected chi connectivity index (χ0v) is 20.1. The molecule has 0 unspecified atom stereocenters. The molecule has 1 aromatic heterocycles. The second kappa shape index (κ2) is 10.2. The number of halogens is 1. The van der Waals surface area contributed by atoms with Crippen molar-refractivity contribution in [2.24, 2.45) is 5.92 Å². The molecule has 8 nitrogen and oxygen atoms in total. The molecule has 2 aromatic carbocycles. The van der Waals surface area contributed by atoms with Crippen LogP contribution in [-0.2, 0) is 4.79 Å². The molecule has 1 aliphatic heterocycles. The van der Waals surface area contributed by atoms with Crippen LogP contribution in [0.1, 0.15) is 18.4 Å². The van der Waals surface area contributed by atoms with E-state index in [0.29, 0.717) is 40.3 Å². The Labute approximate surface area is 203 Å². The Balaban J connectivity index is 1.52. The maximum atomic E-state index is 13.0. The largest absolute Gasteiger partial charge is 0.497 e. The predicted molar refractivity (Wildman–Crippen MR) is 133 cm³/mol. The molecule has 1 atom stereocenters. The Bertz CT molecular complexity index is 1240. The molecule has 1 amide bonds. The molecule has 1 saturated heterocycles. The molecule has 178 valence electrons. The van der Waals surface area contributed by atoms with E-state index in [0.717, 1.165) is 24.9 Å². The van der Waals surface area contributed by atoms with Gasteiger partial charge in [0, 0.05) is 48.1 Å². The number of aromatic nitrogens is 2. The van der Waals surface area contributed by atoms with Crippen molar-refractivity contribution in [1.82, 2.24) is 9.78 Å². The number of benzene rings is 2. The van der Waals surface area contributed by atoms with Gasteiger partial charge in [0.25, 0.3) is 5.56 Å². The molecular weight excluding hydrogens is 456 g/mol. The van der Waals surface area contributed by atoms with Crippen molar-refractivity contribution in [3.05, 3.63) is 69.5 Å². The van der Waals surface area contributed by atoms with Gasteiger partial charge in [-0.15, -0.1) is 5.10 Å². The quantitative estimate of drug-likeness (QED) is 0.570. The fourth-order valence-corrected chi connectivity index (χ4v) is 4.17. The molecule has 2 heterocycles. The van der Waals surface area contributed by atoms with Crippen LogP contribution >= 0.6 is 11.6 Å². The maximum absolute atomic E-state index is 13.0. The number of methoxy groups -OCH3 is 2. The second-order valence-corrected chi connectivity index (χ2v) is 8.66. The molecule has 34 heavy (non-hydrogen) atoms. The first-order chi connectivity index (χ1) is 16.4. The summed E-state index contributed by atoms with van der Waals surface area (Å²) in [5.41, 5.74) is 1.89. The zero-order chi connectivity index (χ0) is 24.2. The zero-order valence-electron chi connectivity index (χ0n) is 19.4. The van der Waals surface area contributed by atoms with Crippen LogP contribution < -0.4 is 25.2 Å². The normalized spacial score (nSPS) is 15.6. The number of aryl methyl sites for hydroxylation is 1. The van der Waals surface area contributed by atoms with E-state index in [2.05, 4.69) is 10.4 Å². The van der Waals surface area contributed by atoms with E-state index in [1.165, 1.54) is 10.7 Å². The maximum Gasteiger partial charge on any atom is 0.271 e. The van der Waals surface area contributed by atoms with Crippen LogP contribution in [0.3, 0.4) is 0 Å². The molecule has 1 aliphatic rings. The fraction of sp³-hybridized carbons (Fsp3) is 0.320. The van der Waals surface area contributed by atoms with Crippen LogP contribution in [0.4, 0.5) is 11.5 Å². The Hall–Kier alpha value is -3.52. The van der Waals surface area contributed by atoms with E-state index in [1.807, 2.05) is 24.0 Å². The topological polar surface area (TPSA) is 85.7 Å². The van der Waals surface area contributed by atoms with Gasteiger partial charge in [-0.3, -0.25) is 9.59 Å². The summed E-state index contributed by atoms with van der Waals surface area (Å²) >= 11 is 6.25. The van der Waals surface area contributed by atoms with Crippen molar-refractivity contribution in [2.75, 3.05) is 37.5 Å². The number of hydrogen-bond donors (Lipinski definition) is 1. The van der Waals surface area contributed by atoms with E-state index >= 15 is 0 Å². The highest BCUT2D eigenvalue weighted by Gasteiger charge is 2.27. The van der Waals surface area contributed by atoms with Crippen LogP contribution in [0.2, 0.25) is 5.02 Å². The van der Waals surface area contributed by atoms with Crippen LogP contribution in [0.15, 0.2) is 53.3 Å². The lowest BCUT2D eigenvalue weighted by atomic mass is 9.97. The average Bonchev–Trinajstić information content (AvgIpc) is 2.85. The number of rotatable bonds is 6. The van der Waals surface area contributed by atoms with E-state index in [-0.39, 0.29) is 17.4 Å². The summed E-state index contributed by atoms with van der Waals surface area (Å²) in [4.78, 5) is 27.6. The highest BCUT2D eigenvalue weighted by Crippen LogP contribution is 2.28. The Morgan fingerprint density at radius 3 is 2.50 bits per heavy atom. The molecule has 0 bridgehead atoms. The standard InChI is InChI=1S/C25H27ClN4O4/c1-16-6-7-19(13-22(16)26)30-24(31)9-8-23(28-30)29-10-4-5-17(15-29)25(32)27-18-11-20(33-2)14-21(12-18)34-3/h6-9,11-14,17H,4-5,10,15H2,1-3H3,(H,27,32)/t17-/m1/s1. The van der Waals surface area contributed by atoms with Crippen molar-refractivity contribution in [3.8, 4) is 17.2 Å². The summed E-state index contributed by atoms with van der Waals surface area (Å²) in [6.07, 6.45) is 1.59. The number of carbonyl (C=O) groups excluding carboxylic acids is 1. The van der Waals surface area contributed by atoms with Gasteiger partial charge in [-0.05, 0) is 43.5 Å². The summed E-state index contributed by atoms with van der Waals surface area (Å²) in [5.74, 6) is 1.52. The SMILES string of the molecule is COc1cc(NC(=O)[C@@H]2CCCN(c3ccc(=O)n(-c4ccc(C)c(Cl)c4)n3)C2)cc(OC)c1. The van der Waals surface area contributed by atoms with Gasteiger partial charge in [-0.1, -0.05) is 17.7 Å². The lowest BCUT2D eigenvalue weighted by Crippen LogP contribution is -2.41. The molecular formula is C25H27ClN4O4. The third kappa shape index (κ3) is 5.17. The van der Waals surface area contributed by atoms with Crippen LogP contribution in [0.5, 0.6) is 11.5 Å². The molecule has 0 saturated carbocycles. The van der Waals surface area contributed by atoms with Crippen LogP contribution in [-0.4, -0.2) is 43.0 Å². The molecule has 1 N–H and O–H groups in total. The number of nitrogens with zero attached hydrogens (tertiary/aromatic N) is 3. The molecule has 3 aromatic rings. The monoisotopic (exact) mass is 482 g/mol. The smallest absolute Gasteiger partial charge is 0.271 e. The van der Waals surface area contributed by atoms with Crippen LogP contribution in [0, 0.1) is 12.8 Å². The molecule has 1 fully saturated rings. The summed E-state index contributed by atoms with van der Waals surface area (Å²) in [6.45, 7) is 3.14. The Morgan fingerprint density at radius 1 is 1.09 bits per heavy atom. The van der Waals surface area contributed by atoms with Crippen molar-refractivity contribution < 1.29 is 14.3 Å². The van der Waals surface area contributed by atoms with Gasteiger partial charge in [0.2, 0.25) is 5.91 Å². The first-order valence-electron chi connectivity index (χ1n) is 11.0. The average molecular weight is 483 g/mol. The van der Waals surface area contributed by atoms with Gasteiger partial charge in [-0.25, -0.2) is 0 Å². The Morgan fingerprint density at radius 2 is 1.82 bits per heavy atom. The lowest BCUT2D eigenvalue weighted by molar-refractivity contribution is -0.120. The van der Waals surface area contributed by atoms with Crippen molar-refractivity contribution in [1.29, 1.82) is 0 Å². The van der Waals surface area contributed by atoms with Crippen LogP contribution in [0.25, 0.3) is 5.69 Å². The molecule has 9 heteroatoms. The summed E-state index contributed by atoms with van der Waals surface area (Å²) in [6, 6.07) is 13.8. The minimum absolute atomic E-state index is 0.0846. The molecule has 0 radical (unpaired) electrons. The third-order valence-corrected chi connectivity index (χ3v) is 6.33. The van der Waals surface area contributed by atoms with Gasteiger partial charge in [-0.2, -0.15) is 4.68 Å². The van der Waals surface area contributed by atoms with Gasteiger partial charge in [0.15, 0.2) is 0 Å². The van der Waals surface area contributed by atoms with Crippen molar-refractivity contribution in [2.45, 2.75) is 19.8 Å². The summed E-state index contributed by atoms with van der Waals surface area (Å²) in [5, 5.41) is 8.11. The number of nitrogens with one attached hydrogen (secondary N) is 1. The highest BCUT2D eigenvalue weighted by molar-refractivity contribution is 6.31. The number of carbonyl (C=O) groups is 1. The summed E-state index contributed by atoms with van der Waals surface area (Å²) in [7, 11) is 3.13. The lowest BCUT2D eigenvalue weighted by Gasteiger charge is -2.33. The van der Waals surface area contributed by atoms with Crippen molar-refractivity contribution >= 4 is 29.0 Å². The number of amides is 1. The number of anilines is 2. The Kier molecular flexibility index (Phi) is 7.07. The fourth-order valence-electron chi connectivity index (χ4n) is 3.99. The highest BCUT2D eigenvalue weighted by atomic mass is 35.5. The van der Waals surface area contributed by atoms with E-state index in [1.54, 1.807) is 44.6 Å². The molecule has 0 aliphatic carbocycles. The first kappa shape index (κ1) is 23.6. The van der Waals surface area contributed by atoms with E-state index in [9.17, 15) is 9.59 Å². The summed E-state index contributed by atoms with van der Waals surface area (Å²) < 4.78 is 11.9. The number of hydrogen-bond acceptors (Lipinski definition) is 6. The minimum Gasteiger partial charge on any atom is -0.497 e. The third-order valence-electron chi connectivity index (χ3n) is 5.92. The second-order valence-electron chi connectivity index (χ2n) is 8.25. The number of ether oxygens (including phenoxy) is 2. The molecule has 0 spiro atoms. The van der Waals surface area contributed by atoms with Gasteiger partial charge < -0.3 is 19.7 Å². The van der Waals surface area contributed by atoms with E-state index in [4.69, 9.17) is 21.1 Å². The minimum atomic E-state index is -0.248.